The van der Waals surface area contributed by atoms with Gasteiger partial charge >= 0.3 is 6.03 Å². The summed E-state index contributed by atoms with van der Waals surface area (Å²) in [5.41, 5.74) is 3.63. The van der Waals surface area contributed by atoms with Gasteiger partial charge in [0.2, 0.25) is 0 Å². The Labute approximate surface area is 240 Å². The van der Waals surface area contributed by atoms with Crippen molar-refractivity contribution in [1.82, 2.24) is 5.32 Å². The predicted molar refractivity (Wildman–Crippen MR) is 153 cm³/mol. The Kier molecular flexibility index (Phi) is 8.46. The molecule has 1 fully saturated rings. The van der Waals surface area contributed by atoms with Crippen LogP contribution in [0.1, 0.15) is 22.3 Å². The summed E-state index contributed by atoms with van der Waals surface area (Å²) in [6, 6.07) is 12.3. The van der Waals surface area contributed by atoms with Gasteiger partial charge in [-0.3, -0.25) is 19.7 Å². The molecule has 0 atom stereocenters. The molecular formula is C29H25Cl2N3O6. The largest absolute Gasteiger partial charge is 0.493 e. The molecule has 2 N–H and O–H groups in total. The summed E-state index contributed by atoms with van der Waals surface area (Å²) in [6.45, 7) is 5.23. The van der Waals surface area contributed by atoms with E-state index in [1.54, 1.807) is 36.4 Å². The Balaban J connectivity index is 1.56. The van der Waals surface area contributed by atoms with Gasteiger partial charge in [0.15, 0.2) is 18.1 Å². The van der Waals surface area contributed by atoms with Crippen LogP contribution in [0.5, 0.6) is 11.5 Å². The number of anilines is 2. The number of methoxy groups -OCH3 is 1. The van der Waals surface area contributed by atoms with E-state index < -0.39 is 23.8 Å². The van der Waals surface area contributed by atoms with Crippen LogP contribution in [0.15, 0.2) is 54.1 Å². The van der Waals surface area contributed by atoms with Gasteiger partial charge in [-0.2, -0.15) is 0 Å². The van der Waals surface area contributed by atoms with Crippen molar-refractivity contribution in [3.63, 3.8) is 0 Å². The maximum atomic E-state index is 13.3. The van der Waals surface area contributed by atoms with E-state index in [-0.39, 0.29) is 28.7 Å². The Morgan fingerprint density at radius 3 is 2.35 bits per heavy atom. The summed E-state index contributed by atoms with van der Waals surface area (Å²) in [4.78, 5) is 51.7. The van der Waals surface area contributed by atoms with Crippen LogP contribution in [0.4, 0.5) is 16.2 Å². The molecule has 0 saturated carbocycles. The maximum absolute atomic E-state index is 13.3. The third-order valence-electron chi connectivity index (χ3n) is 6.22. The average Bonchev–Trinajstić information content (AvgIpc) is 2.89. The van der Waals surface area contributed by atoms with Gasteiger partial charge in [-0.05, 0) is 85.5 Å². The number of aryl methyl sites for hydroxylation is 3. The minimum Gasteiger partial charge on any atom is -0.493 e. The molecule has 206 valence electrons. The first kappa shape index (κ1) is 28.7. The molecule has 9 nitrogen and oxygen atoms in total. The van der Waals surface area contributed by atoms with Crippen molar-refractivity contribution in [3.05, 3.63) is 86.4 Å². The van der Waals surface area contributed by atoms with Gasteiger partial charge in [0.05, 0.1) is 17.8 Å². The Morgan fingerprint density at radius 1 is 0.950 bits per heavy atom. The van der Waals surface area contributed by atoms with E-state index in [4.69, 9.17) is 32.7 Å². The average molecular weight is 582 g/mol. The van der Waals surface area contributed by atoms with E-state index in [9.17, 15) is 19.2 Å². The number of urea groups is 1. The SMILES string of the molecule is COc1cc(/C=C2/C(=O)NC(=O)N(c3ccc(C)c(C)c3)C2=O)cc(Cl)c1OCC(=O)Nc1ccc(C)c(Cl)c1. The minimum absolute atomic E-state index is 0.0724. The summed E-state index contributed by atoms with van der Waals surface area (Å²) < 4.78 is 11.0. The first-order valence-electron chi connectivity index (χ1n) is 12.0. The molecule has 5 amide bonds. The monoisotopic (exact) mass is 581 g/mol. The van der Waals surface area contributed by atoms with Crippen LogP contribution in [0, 0.1) is 20.8 Å². The highest BCUT2D eigenvalue weighted by Gasteiger charge is 2.37. The molecule has 1 saturated heterocycles. The fourth-order valence-electron chi connectivity index (χ4n) is 3.89. The van der Waals surface area contributed by atoms with E-state index in [0.29, 0.717) is 22.0 Å². The number of nitrogens with one attached hydrogen (secondary N) is 2. The first-order valence-corrected chi connectivity index (χ1v) is 12.8. The fourth-order valence-corrected chi connectivity index (χ4v) is 4.35. The molecule has 0 spiro atoms. The van der Waals surface area contributed by atoms with Gasteiger partial charge in [-0.25, -0.2) is 9.69 Å². The van der Waals surface area contributed by atoms with Gasteiger partial charge in [0.25, 0.3) is 17.7 Å². The molecule has 1 aliphatic rings. The van der Waals surface area contributed by atoms with Crippen LogP contribution in [-0.2, 0) is 14.4 Å². The first-order chi connectivity index (χ1) is 19.0. The van der Waals surface area contributed by atoms with Crippen LogP contribution in [0.2, 0.25) is 10.0 Å². The van der Waals surface area contributed by atoms with E-state index in [1.165, 1.54) is 25.3 Å². The number of hydrogen-bond acceptors (Lipinski definition) is 6. The Morgan fingerprint density at radius 2 is 1.68 bits per heavy atom. The summed E-state index contributed by atoms with van der Waals surface area (Å²) >= 11 is 12.5. The molecule has 0 aromatic heterocycles. The van der Waals surface area contributed by atoms with Crippen molar-refractivity contribution in [2.75, 3.05) is 23.9 Å². The number of benzene rings is 3. The summed E-state index contributed by atoms with van der Waals surface area (Å²) in [7, 11) is 1.38. The number of rotatable bonds is 7. The highest BCUT2D eigenvalue weighted by Crippen LogP contribution is 2.37. The van der Waals surface area contributed by atoms with Crippen LogP contribution in [-0.4, -0.2) is 37.5 Å². The van der Waals surface area contributed by atoms with Crippen molar-refractivity contribution >= 4 is 64.4 Å². The number of halogens is 2. The van der Waals surface area contributed by atoms with Gasteiger partial charge in [-0.1, -0.05) is 35.3 Å². The number of carbonyl (C=O) groups is 4. The number of hydrogen-bond donors (Lipinski definition) is 2. The lowest BCUT2D eigenvalue weighted by atomic mass is 10.0. The van der Waals surface area contributed by atoms with Crippen molar-refractivity contribution < 1.29 is 28.7 Å². The highest BCUT2D eigenvalue weighted by atomic mass is 35.5. The molecule has 1 heterocycles. The van der Waals surface area contributed by atoms with E-state index in [2.05, 4.69) is 10.6 Å². The molecule has 3 aromatic carbocycles. The van der Waals surface area contributed by atoms with Crippen molar-refractivity contribution in [2.45, 2.75) is 20.8 Å². The summed E-state index contributed by atoms with van der Waals surface area (Å²) in [6.07, 6.45) is 1.30. The highest BCUT2D eigenvalue weighted by molar-refractivity contribution is 6.39. The molecule has 4 rings (SSSR count). The van der Waals surface area contributed by atoms with Gasteiger partial charge < -0.3 is 14.8 Å². The van der Waals surface area contributed by atoms with E-state index in [1.807, 2.05) is 20.8 Å². The Bertz CT molecular complexity index is 1580. The van der Waals surface area contributed by atoms with Gasteiger partial charge in [0.1, 0.15) is 5.57 Å². The second-order valence-corrected chi connectivity index (χ2v) is 9.88. The topological polar surface area (TPSA) is 114 Å². The smallest absolute Gasteiger partial charge is 0.335 e. The number of nitrogens with zero attached hydrogens (tertiary/aromatic N) is 1. The van der Waals surface area contributed by atoms with Gasteiger partial charge in [0, 0.05) is 10.7 Å². The lowest BCUT2D eigenvalue weighted by molar-refractivity contribution is -0.122. The number of ether oxygens (including phenoxy) is 2. The zero-order valence-electron chi connectivity index (χ0n) is 22.1. The zero-order chi connectivity index (χ0) is 29.1. The zero-order valence-corrected chi connectivity index (χ0v) is 23.6. The Hall–Kier alpha value is -4.34. The van der Waals surface area contributed by atoms with Crippen molar-refractivity contribution in [3.8, 4) is 11.5 Å². The van der Waals surface area contributed by atoms with E-state index in [0.717, 1.165) is 21.6 Å². The van der Waals surface area contributed by atoms with Crippen LogP contribution in [0.3, 0.4) is 0 Å². The maximum Gasteiger partial charge on any atom is 0.335 e. The number of imide groups is 2. The molecular weight excluding hydrogens is 557 g/mol. The lowest BCUT2D eigenvalue weighted by Crippen LogP contribution is -2.54. The van der Waals surface area contributed by atoms with Crippen molar-refractivity contribution in [2.24, 2.45) is 0 Å². The summed E-state index contributed by atoms with van der Waals surface area (Å²) in [5, 5.41) is 5.46. The summed E-state index contributed by atoms with van der Waals surface area (Å²) in [5.74, 6) is -1.84. The minimum atomic E-state index is -0.849. The van der Waals surface area contributed by atoms with Crippen LogP contribution < -0.4 is 25.0 Å². The lowest BCUT2D eigenvalue weighted by Gasteiger charge is -2.27. The molecule has 0 aliphatic carbocycles. The molecule has 1 aliphatic heterocycles. The second kappa shape index (κ2) is 11.8. The third-order valence-corrected chi connectivity index (χ3v) is 6.90. The number of amides is 5. The van der Waals surface area contributed by atoms with Gasteiger partial charge in [-0.15, -0.1) is 0 Å². The molecule has 0 radical (unpaired) electrons. The van der Waals surface area contributed by atoms with Crippen LogP contribution in [0.25, 0.3) is 6.08 Å². The second-order valence-electron chi connectivity index (χ2n) is 9.06. The predicted octanol–water partition coefficient (Wildman–Crippen LogP) is 5.61. The quantitative estimate of drug-likeness (QED) is 0.277. The van der Waals surface area contributed by atoms with E-state index >= 15 is 0 Å². The molecule has 0 unspecified atom stereocenters. The molecule has 0 bridgehead atoms. The standard InChI is InChI=1S/C29H25Cl2N3O6/c1-15-6-8-20(9-17(15)3)34-28(37)21(27(36)33-29(34)38)10-18-11-23(31)26(24(12-18)39-4)40-14-25(35)32-19-7-5-16(2)22(30)13-19/h5-13H,14H2,1-4H3,(H,32,35)(H,33,36,38)/b21-10-. The number of barbiturate groups is 1. The normalized spacial score (nSPS) is 14.3. The molecule has 11 heteroatoms. The molecule has 3 aromatic rings. The number of carbonyl (C=O) groups excluding carboxylic acids is 4. The van der Waals surface area contributed by atoms with Crippen molar-refractivity contribution in [1.29, 1.82) is 0 Å². The van der Waals surface area contributed by atoms with Crippen LogP contribution >= 0.6 is 23.2 Å². The third kappa shape index (κ3) is 6.11. The molecule has 40 heavy (non-hydrogen) atoms. The fraction of sp³-hybridized carbons (Fsp3) is 0.172.